The number of carbonyl (C=O) groups excluding carboxylic acids is 2. The van der Waals surface area contributed by atoms with Gasteiger partial charge in [-0.3, -0.25) is 14.4 Å². The van der Waals surface area contributed by atoms with E-state index >= 15 is 0 Å². The van der Waals surface area contributed by atoms with Gasteiger partial charge >= 0.3 is 5.97 Å². The average molecular weight is 470 g/mol. The summed E-state index contributed by atoms with van der Waals surface area (Å²) in [4.78, 5) is 36.1. The van der Waals surface area contributed by atoms with E-state index in [2.05, 4.69) is 11.4 Å². The van der Waals surface area contributed by atoms with E-state index in [4.69, 9.17) is 9.84 Å². The number of carboxylic acid groups (broad SMARTS) is 1. The molecule has 0 saturated carbocycles. The van der Waals surface area contributed by atoms with E-state index in [0.717, 1.165) is 30.6 Å². The summed E-state index contributed by atoms with van der Waals surface area (Å²) in [5.74, 6) is -1.02. The fourth-order valence-electron chi connectivity index (χ4n) is 3.71. The summed E-state index contributed by atoms with van der Waals surface area (Å²) in [5.41, 5.74) is 2.06. The van der Waals surface area contributed by atoms with Gasteiger partial charge in [0.15, 0.2) is 5.78 Å². The van der Waals surface area contributed by atoms with Gasteiger partial charge in [0.05, 0.1) is 13.0 Å². The van der Waals surface area contributed by atoms with Crippen molar-refractivity contribution in [2.45, 2.75) is 57.8 Å². The fourth-order valence-corrected chi connectivity index (χ4v) is 3.71. The smallest absolute Gasteiger partial charge is 0.306 e. The maximum absolute atomic E-state index is 12.3. The number of ether oxygens (including phenoxy) is 1. The lowest BCUT2D eigenvalue weighted by Crippen LogP contribution is -2.25. The van der Waals surface area contributed by atoms with Crippen molar-refractivity contribution >= 4 is 23.7 Å². The monoisotopic (exact) mass is 469 g/mol. The molecule has 0 fully saturated rings. The number of Topliss-reactive ketones (excluding diaryl/α,β-unsaturated/α-hetero) is 1. The fraction of sp³-hybridized carbons (Fsp3) is 0.444. The molecule has 1 amide bonds. The third-order valence-corrected chi connectivity index (χ3v) is 5.71. The number of aliphatic hydroxyl groups excluding tert-OH is 1. The molecule has 0 bridgehead atoms. The van der Waals surface area contributed by atoms with Crippen molar-refractivity contribution < 1.29 is 29.3 Å². The molecular weight excluding hydrogens is 434 g/mol. The van der Waals surface area contributed by atoms with Gasteiger partial charge in [0.25, 0.3) is 0 Å². The molecule has 0 radical (unpaired) electrons. The summed E-state index contributed by atoms with van der Waals surface area (Å²) in [6.45, 7) is 0.0457. The molecule has 0 heterocycles. The van der Waals surface area contributed by atoms with Gasteiger partial charge in [0, 0.05) is 25.1 Å². The first kappa shape index (κ1) is 27.1. The van der Waals surface area contributed by atoms with E-state index in [-0.39, 0.29) is 31.1 Å². The molecule has 2 rings (SSSR count). The van der Waals surface area contributed by atoms with Gasteiger partial charge in [-0.2, -0.15) is 0 Å². The second kappa shape index (κ2) is 14.9. The zero-order valence-electron chi connectivity index (χ0n) is 19.8. The molecule has 1 aromatic rings. The molecule has 7 nitrogen and oxygen atoms in total. The van der Waals surface area contributed by atoms with Gasteiger partial charge in [-0.15, -0.1) is 0 Å². The Kier molecular flexibility index (Phi) is 11.8. The lowest BCUT2D eigenvalue weighted by molar-refractivity contribution is -0.142. The Morgan fingerprint density at radius 2 is 1.91 bits per heavy atom. The van der Waals surface area contributed by atoms with Gasteiger partial charge in [-0.25, -0.2) is 0 Å². The van der Waals surface area contributed by atoms with Crippen molar-refractivity contribution in [1.29, 1.82) is 0 Å². The van der Waals surface area contributed by atoms with E-state index in [1.54, 1.807) is 19.3 Å². The summed E-state index contributed by atoms with van der Waals surface area (Å²) >= 11 is 0. The van der Waals surface area contributed by atoms with Crippen LogP contribution in [0.25, 0.3) is 6.08 Å². The number of carbonyl (C=O) groups is 3. The van der Waals surface area contributed by atoms with E-state index in [0.29, 0.717) is 37.0 Å². The van der Waals surface area contributed by atoms with Crippen LogP contribution in [0.4, 0.5) is 0 Å². The Balaban J connectivity index is 1.81. The number of ketones is 1. The summed E-state index contributed by atoms with van der Waals surface area (Å²) in [6.07, 6.45) is 12.0. The van der Waals surface area contributed by atoms with Crippen molar-refractivity contribution in [1.82, 2.24) is 5.32 Å². The first-order chi connectivity index (χ1) is 16.4. The average Bonchev–Trinajstić information content (AvgIpc) is 2.82. The van der Waals surface area contributed by atoms with Crippen LogP contribution in [0, 0.1) is 5.92 Å². The lowest BCUT2D eigenvalue weighted by atomic mass is 9.89. The molecule has 34 heavy (non-hydrogen) atoms. The number of allylic oxidation sites excluding steroid dienone is 4. The molecule has 1 aliphatic rings. The summed E-state index contributed by atoms with van der Waals surface area (Å²) in [7, 11) is 1.63. The first-order valence-corrected chi connectivity index (χ1v) is 11.8. The van der Waals surface area contributed by atoms with Crippen LogP contribution < -0.4 is 10.1 Å². The summed E-state index contributed by atoms with van der Waals surface area (Å²) in [6, 6.07) is 7.76. The van der Waals surface area contributed by atoms with Crippen molar-refractivity contribution in [2.75, 3.05) is 13.7 Å². The predicted octanol–water partition coefficient (Wildman–Crippen LogP) is 4.42. The van der Waals surface area contributed by atoms with Crippen molar-refractivity contribution in [3.05, 3.63) is 59.3 Å². The van der Waals surface area contributed by atoms with Crippen LogP contribution in [0.1, 0.15) is 63.4 Å². The van der Waals surface area contributed by atoms with Crippen LogP contribution in [0.2, 0.25) is 0 Å². The standard InChI is InChI=1S/C27H35NO6/c1-34-24-14-11-20(12-15-24)8-4-2-3-5-9-21(27(32)33)18-22-19-23(13-16-25(22)30)28-26(31)10-6-7-17-29/h4,8,11-15,19,21,29H,2-3,5-7,9-10,16-18H2,1H3,(H,28,31)(H,32,33)/b8-4+. The molecule has 1 atom stereocenters. The minimum atomic E-state index is -0.911. The number of amides is 1. The maximum atomic E-state index is 12.3. The quantitative estimate of drug-likeness (QED) is 0.328. The highest BCUT2D eigenvalue weighted by molar-refractivity contribution is 5.99. The molecule has 0 aromatic heterocycles. The number of methoxy groups -OCH3 is 1. The molecule has 1 aliphatic carbocycles. The lowest BCUT2D eigenvalue weighted by Gasteiger charge is -2.18. The maximum Gasteiger partial charge on any atom is 0.306 e. The van der Waals surface area contributed by atoms with Crippen LogP contribution in [0.5, 0.6) is 5.75 Å². The van der Waals surface area contributed by atoms with Crippen LogP contribution in [-0.4, -0.2) is 41.6 Å². The highest BCUT2D eigenvalue weighted by atomic mass is 16.5. The van der Waals surface area contributed by atoms with Crippen molar-refractivity contribution in [3.63, 3.8) is 0 Å². The molecule has 0 spiro atoms. The van der Waals surface area contributed by atoms with Crippen LogP contribution in [-0.2, 0) is 14.4 Å². The summed E-state index contributed by atoms with van der Waals surface area (Å²) in [5, 5.41) is 21.2. The largest absolute Gasteiger partial charge is 0.497 e. The minimum Gasteiger partial charge on any atom is -0.497 e. The van der Waals surface area contributed by atoms with Gasteiger partial charge in [0.2, 0.25) is 5.91 Å². The number of carboxylic acids is 1. The Hall–Kier alpha value is -3.19. The molecule has 184 valence electrons. The summed E-state index contributed by atoms with van der Waals surface area (Å²) < 4.78 is 5.14. The normalized spacial score (nSPS) is 14.5. The van der Waals surface area contributed by atoms with Gasteiger partial charge < -0.3 is 20.3 Å². The molecule has 1 unspecified atom stereocenters. The van der Waals surface area contributed by atoms with Crippen molar-refractivity contribution in [2.24, 2.45) is 5.92 Å². The first-order valence-electron chi connectivity index (χ1n) is 11.8. The highest BCUT2D eigenvalue weighted by Gasteiger charge is 2.24. The zero-order chi connectivity index (χ0) is 24.8. The van der Waals surface area contributed by atoms with Gasteiger partial charge in [0.1, 0.15) is 5.75 Å². The van der Waals surface area contributed by atoms with E-state index < -0.39 is 11.9 Å². The Morgan fingerprint density at radius 1 is 1.15 bits per heavy atom. The molecule has 0 saturated heterocycles. The Labute approximate surface area is 201 Å². The number of aliphatic hydroxyl groups is 1. The van der Waals surface area contributed by atoms with Crippen LogP contribution in [0.3, 0.4) is 0 Å². The highest BCUT2D eigenvalue weighted by Crippen LogP contribution is 2.24. The second-order valence-electron chi connectivity index (χ2n) is 8.38. The third-order valence-electron chi connectivity index (χ3n) is 5.71. The Bertz CT molecular complexity index is 914. The number of hydrogen-bond acceptors (Lipinski definition) is 5. The zero-order valence-corrected chi connectivity index (χ0v) is 19.8. The molecule has 0 aliphatic heterocycles. The van der Waals surface area contributed by atoms with E-state index in [1.807, 2.05) is 30.3 Å². The SMILES string of the molecule is COc1ccc(/C=C/CCCCC(CC2=CC(NC(=O)CCCCO)=CCC2=O)C(=O)O)cc1. The molecule has 1 aromatic carbocycles. The third kappa shape index (κ3) is 9.75. The van der Waals surface area contributed by atoms with E-state index in [9.17, 15) is 19.5 Å². The molecule has 3 N–H and O–H groups in total. The number of benzene rings is 1. The van der Waals surface area contributed by atoms with Gasteiger partial charge in [-0.05, 0) is 67.9 Å². The van der Waals surface area contributed by atoms with Crippen LogP contribution >= 0.6 is 0 Å². The molecular formula is C27H35NO6. The topological polar surface area (TPSA) is 113 Å². The number of aliphatic carboxylic acids is 1. The predicted molar refractivity (Wildman–Crippen MR) is 131 cm³/mol. The Morgan fingerprint density at radius 3 is 2.59 bits per heavy atom. The van der Waals surface area contributed by atoms with Gasteiger partial charge in [-0.1, -0.05) is 36.8 Å². The molecule has 7 heteroatoms. The number of unbranched alkanes of at least 4 members (excludes halogenated alkanes) is 3. The number of rotatable bonds is 15. The minimum absolute atomic E-state index is 0.0457. The number of nitrogens with one attached hydrogen (secondary N) is 1. The number of hydrogen-bond donors (Lipinski definition) is 3. The van der Waals surface area contributed by atoms with E-state index in [1.165, 1.54) is 0 Å². The van der Waals surface area contributed by atoms with Crippen LogP contribution in [0.15, 0.2) is 53.8 Å². The van der Waals surface area contributed by atoms with Crippen molar-refractivity contribution in [3.8, 4) is 5.75 Å². The second-order valence-corrected chi connectivity index (χ2v) is 8.38.